The average molecular weight is 464 g/mol. The maximum Gasteiger partial charge on any atom is 0.220 e. The van der Waals surface area contributed by atoms with Gasteiger partial charge >= 0.3 is 0 Å². The van der Waals surface area contributed by atoms with E-state index in [-0.39, 0.29) is 11.9 Å². The standard InChI is InChI=1S/C30H57NO2/c1-3-5-7-9-11-13-14-15-16-17-19-20-22-24-26-29(28-32)31-30(33)27-25-23-21-18-12-10-8-6-4-2/h22,24,28-29H,3-21,23,25-27H2,1-2H3,(H,31,33)/b24-22+. The van der Waals surface area contributed by atoms with Crippen LogP contribution in [0.4, 0.5) is 0 Å². The summed E-state index contributed by atoms with van der Waals surface area (Å²) in [5, 5.41) is 2.88. The number of allylic oxidation sites excluding steroid dienone is 1. The molecule has 0 aromatic heterocycles. The summed E-state index contributed by atoms with van der Waals surface area (Å²) in [4.78, 5) is 23.4. The Bertz CT molecular complexity index is 447. The van der Waals surface area contributed by atoms with Crippen molar-refractivity contribution >= 4 is 12.2 Å². The third-order valence-corrected chi connectivity index (χ3v) is 6.55. The predicted molar refractivity (Wildman–Crippen MR) is 145 cm³/mol. The highest BCUT2D eigenvalue weighted by Crippen LogP contribution is 2.13. The van der Waals surface area contributed by atoms with Gasteiger partial charge in [0.2, 0.25) is 5.91 Å². The Hall–Kier alpha value is -1.12. The molecule has 1 amide bonds. The van der Waals surface area contributed by atoms with Gasteiger partial charge in [0, 0.05) is 6.42 Å². The van der Waals surface area contributed by atoms with Gasteiger partial charge in [-0.15, -0.1) is 0 Å². The molecule has 0 bridgehead atoms. The van der Waals surface area contributed by atoms with Gasteiger partial charge in [0.1, 0.15) is 6.29 Å². The number of unbranched alkanes of at least 4 members (excludes halogenated alkanes) is 19. The van der Waals surface area contributed by atoms with Crippen LogP contribution < -0.4 is 5.32 Å². The van der Waals surface area contributed by atoms with Crippen molar-refractivity contribution in [2.24, 2.45) is 0 Å². The smallest absolute Gasteiger partial charge is 0.220 e. The monoisotopic (exact) mass is 463 g/mol. The quantitative estimate of drug-likeness (QED) is 0.0789. The zero-order valence-electron chi connectivity index (χ0n) is 22.4. The molecular weight excluding hydrogens is 406 g/mol. The molecule has 0 aromatic carbocycles. The van der Waals surface area contributed by atoms with E-state index in [0.29, 0.717) is 12.8 Å². The molecule has 0 heterocycles. The second-order valence-corrected chi connectivity index (χ2v) is 9.92. The summed E-state index contributed by atoms with van der Waals surface area (Å²) in [6, 6.07) is -0.371. The zero-order valence-corrected chi connectivity index (χ0v) is 22.4. The molecule has 1 N–H and O–H groups in total. The third kappa shape index (κ3) is 25.3. The second kappa shape index (κ2) is 27.1. The number of nitrogens with one attached hydrogen (secondary N) is 1. The van der Waals surface area contributed by atoms with Gasteiger partial charge in [0.15, 0.2) is 0 Å². The van der Waals surface area contributed by atoms with Crippen LogP contribution in [0.3, 0.4) is 0 Å². The Kier molecular flexibility index (Phi) is 26.2. The molecule has 0 aliphatic rings. The van der Waals surface area contributed by atoms with E-state index in [4.69, 9.17) is 0 Å². The Balaban J connectivity index is 3.52. The normalized spacial score (nSPS) is 12.3. The van der Waals surface area contributed by atoms with Gasteiger partial charge in [0.05, 0.1) is 6.04 Å². The molecule has 33 heavy (non-hydrogen) atoms. The molecule has 0 spiro atoms. The first kappa shape index (κ1) is 31.9. The SMILES string of the molecule is CCCCCCCCCCCCC/C=C/CC(C=O)NC(=O)CCCCCCCCCCC. The molecule has 0 aliphatic carbocycles. The van der Waals surface area contributed by atoms with Gasteiger partial charge in [0.25, 0.3) is 0 Å². The Labute approximate surface area is 207 Å². The highest BCUT2D eigenvalue weighted by atomic mass is 16.2. The Morgan fingerprint density at radius 3 is 1.48 bits per heavy atom. The first-order valence-electron chi connectivity index (χ1n) is 14.6. The number of rotatable bonds is 26. The highest BCUT2D eigenvalue weighted by Gasteiger charge is 2.09. The first-order chi connectivity index (χ1) is 16.2. The van der Waals surface area contributed by atoms with Crippen LogP contribution in [0.1, 0.15) is 162 Å². The molecule has 0 aromatic rings. The molecule has 3 heteroatoms. The highest BCUT2D eigenvalue weighted by molar-refractivity contribution is 5.79. The molecule has 0 saturated carbocycles. The third-order valence-electron chi connectivity index (χ3n) is 6.55. The van der Waals surface area contributed by atoms with Crippen LogP contribution in [0.5, 0.6) is 0 Å². The van der Waals surface area contributed by atoms with Crippen molar-refractivity contribution in [1.29, 1.82) is 0 Å². The number of hydrogen-bond donors (Lipinski definition) is 1. The van der Waals surface area contributed by atoms with Crippen LogP contribution in [0.2, 0.25) is 0 Å². The minimum atomic E-state index is -0.371. The van der Waals surface area contributed by atoms with Gasteiger partial charge in [-0.1, -0.05) is 142 Å². The Morgan fingerprint density at radius 2 is 1.03 bits per heavy atom. The predicted octanol–water partition coefficient (Wildman–Crippen LogP) is 9.24. The van der Waals surface area contributed by atoms with Gasteiger partial charge in [-0.25, -0.2) is 0 Å². The van der Waals surface area contributed by atoms with Crippen molar-refractivity contribution in [2.45, 2.75) is 168 Å². The molecule has 0 saturated heterocycles. The molecule has 1 atom stereocenters. The summed E-state index contributed by atoms with van der Waals surface area (Å²) in [7, 11) is 0. The lowest BCUT2D eigenvalue weighted by atomic mass is 10.1. The average Bonchev–Trinajstić information content (AvgIpc) is 2.82. The van der Waals surface area contributed by atoms with Crippen molar-refractivity contribution < 1.29 is 9.59 Å². The van der Waals surface area contributed by atoms with Crippen molar-refractivity contribution in [1.82, 2.24) is 5.32 Å². The summed E-state index contributed by atoms with van der Waals surface area (Å²) in [6.07, 6.45) is 33.6. The molecule has 0 radical (unpaired) electrons. The summed E-state index contributed by atoms with van der Waals surface area (Å²) in [6.45, 7) is 4.52. The molecule has 1 unspecified atom stereocenters. The summed E-state index contributed by atoms with van der Waals surface area (Å²) < 4.78 is 0. The van der Waals surface area contributed by atoms with E-state index in [0.717, 1.165) is 25.5 Å². The lowest BCUT2D eigenvalue weighted by molar-refractivity contribution is -0.124. The van der Waals surface area contributed by atoms with Crippen LogP contribution in [-0.2, 0) is 9.59 Å². The fraction of sp³-hybridized carbons (Fsp3) is 0.867. The van der Waals surface area contributed by atoms with E-state index in [1.165, 1.54) is 116 Å². The Morgan fingerprint density at radius 1 is 0.606 bits per heavy atom. The number of hydrogen-bond acceptors (Lipinski definition) is 2. The topological polar surface area (TPSA) is 46.2 Å². The van der Waals surface area contributed by atoms with E-state index in [9.17, 15) is 9.59 Å². The van der Waals surface area contributed by atoms with E-state index in [1.807, 2.05) is 0 Å². The molecule has 0 aliphatic heterocycles. The maximum absolute atomic E-state index is 12.1. The zero-order chi connectivity index (χ0) is 24.2. The molecule has 0 fully saturated rings. The van der Waals surface area contributed by atoms with Crippen molar-refractivity contribution in [3.63, 3.8) is 0 Å². The van der Waals surface area contributed by atoms with Crippen LogP contribution >= 0.6 is 0 Å². The van der Waals surface area contributed by atoms with Gasteiger partial charge < -0.3 is 10.1 Å². The minimum absolute atomic E-state index is 0.0220. The van der Waals surface area contributed by atoms with Gasteiger partial charge in [-0.05, 0) is 25.7 Å². The fourth-order valence-electron chi connectivity index (χ4n) is 4.31. The molecular formula is C30H57NO2. The van der Waals surface area contributed by atoms with Crippen molar-refractivity contribution in [3.05, 3.63) is 12.2 Å². The van der Waals surface area contributed by atoms with Crippen LogP contribution in [0, 0.1) is 0 Å². The van der Waals surface area contributed by atoms with E-state index < -0.39 is 0 Å². The van der Waals surface area contributed by atoms with Gasteiger partial charge in [-0.3, -0.25) is 4.79 Å². The van der Waals surface area contributed by atoms with E-state index in [2.05, 4.69) is 31.3 Å². The molecule has 0 rings (SSSR count). The largest absolute Gasteiger partial charge is 0.346 e. The minimum Gasteiger partial charge on any atom is -0.346 e. The van der Waals surface area contributed by atoms with E-state index in [1.54, 1.807) is 0 Å². The first-order valence-corrected chi connectivity index (χ1v) is 14.6. The van der Waals surface area contributed by atoms with E-state index >= 15 is 0 Å². The number of carbonyl (C=O) groups is 2. The molecule has 194 valence electrons. The lowest BCUT2D eigenvalue weighted by Crippen LogP contribution is -2.35. The number of carbonyl (C=O) groups excluding carboxylic acids is 2. The summed E-state index contributed by atoms with van der Waals surface area (Å²) in [5.41, 5.74) is 0. The van der Waals surface area contributed by atoms with Crippen molar-refractivity contribution in [2.75, 3.05) is 0 Å². The molecule has 3 nitrogen and oxygen atoms in total. The van der Waals surface area contributed by atoms with Crippen LogP contribution in [0.25, 0.3) is 0 Å². The summed E-state index contributed by atoms with van der Waals surface area (Å²) in [5.74, 6) is 0.0220. The number of aldehydes is 1. The summed E-state index contributed by atoms with van der Waals surface area (Å²) >= 11 is 0. The maximum atomic E-state index is 12.1. The van der Waals surface area contributed by atoms with Crippen LogP contribution in [0.15, 0.2) is 12.2 Å². The van der Waals surface area contributed by atoms with Crippen LogP contribution in [-0.4, -0.2) is 18.2 Å². The second-order valence-electron chi connectivity index (χ2n) is 9.92. The van der Waals surface area contributed by atoms with Crippen molar-refractivity contribution in [3.8, 4) is 0 Å². The number of amides is 1. The lowest BCUT2D eigenvalue weighted by Gasteiger charge is -2.10. The van der Waals surface area contributed by atoms with Gasteiger partial charge in [-0.2, -0.15) is 0 Å². The fourth-order valence-corrected chi connectivity index (χ4v) is 4.31.